The monoisotopic (exact) mass is 292 g/mol. The average Bonchev–Trinajstić information content (AvgIpc) is 2.83. The molecule has 0 atom stereocenters. The molecule has 21 heavy (non-hydrogen) atoms. The Balaban J connectivity index is 2.14. The summed E-state index contributed by atoms with van der Waals surface area (Å²) in [5, 5.41) is 18.3. The lowest BCUT2D eigenvalue weighted by atomic mass is 10.3. The summed E-state index contributed by atoms with van der Waals surface area (Å²) >= 11 is 0. The lowest BCUT2D eigenvalue weighted by molar-refractivity contribution is -0.385. The van der Waals surface area contributed by atoms with Gasteiger partial charge in [-0.1, -0.05) is 0 Å². The molecule has 0 saturated carbocycles. The average molecular weight is 292 g/mol. The number of nitrogen functional groups attached to an aromatic ring is 1. The van der Waals surface area contributed by atoms with Crippen LogP contribution in [0.3, 0.4) is 0 Å². The molecular formula is C11H16N8O2. The van der Waals surface area contributed by atoms with Gasteiger partial charge in [-0.2, -0.15) is 10.1 Å². The van der Waals surface area contributed by atoms with E-state index in [0.717, 1.165) is 5.69 Å². The van der Waals surface area contributed by atoms with Crippen LogP contribution in [-0.4, -0.2) is 31.2 Å². The maximum atomic E-state index is 11.1. The fourth-order valence-electron chi connectivity index (χ4n) is 1.88. The zero-order chi connectivity index (χ0) is 15.4. The van der Waals surface area contributed by atoms with E-state index in [4.69, 9.17) is 5.84 Å². The maximum Gasteiger partial charge on any atom is 0.332 e. The van der Waals surface area contributed by atoms with Crippen LogP contribution in [0.5, 0.6) is 0 Å². The molecule has 0 aliphatic carbocycles. The van der Waals surface area contributed by atoms with Gasteiger partial charge in [0.2, 0.25) is 11.8 Å². The van der Waals surface area contributed by atoms with Crippen molar-refractivity contribution in [2.24, 2.45) is 12.9 Å². The molecule has 112 valence electrons. The molecule has 10 heteroatoms. The van der Waals surface area contributed by atoms with Crippen LogP contribution in [0.2, 0.25) is 0 Å². The highest BCUT2D eigenvalue weighted by molar-refractivity contribution is 5.60. The molecule has 2 heterocycles. The van der Waals surface area contributed by atoms with Crippen molar-refractivity contribution in [2.45, 2.75) is 13.3 Å². The van der Waals surface area contributed by atoms with E-state index in [-0.39, 0.29) is 23.1 Å². The Labute approximate surface area is 120 Å². The van der Waals surface area contributed by atoms with E-state index in [2.05, 4.69) is 25.8 Å². The van der Waals surface area contributed by atoms with E-state index in [0.29, 0.717) is 13.0 Å². The van der Waals surface area contributed by atoms with E-state index < -0.39 is 4.92 Å². The van der Waals surface area contributed by atoms with Crippen molar-refractivity contribution in [1.82, 2.24) is 19.7 Å². The predicted molar refractivity (Wildman–Crippen MR) is 76.6 cm³/mol. The van der Waals surface area contributed by atoms with Crippen molar-refractivity contribution in [2.75, 3.05) is 17.3 Å². The number of anilines is 2. The number of hydrogen-bond acceptors (Lipinski definition) is 8. The lowest BCUT2D eigenvalue weighted by Crippen LogP contribution is -2.15. The summed E-state index contributed by atoms with van der Waals surface area (Å²) in [6.45, 7) is 1.99. The Kier molecular flexibility index (Phi) is 4.28. The number of nitrogens with zero attached hydrogens (tertiary/aromatic N) is 5. The number of rotatable bonds is 6. The van der Waals surface area contributed by atoms with Crippen molar-refractivity contribution in [3.63, 3.8) is 0 Å². The highest BCUT2D eigenvalue weighted by atomic mass is 16.6. The highest BCUT2D eigenvalue weighted by Gasteiger charge is 2.21. The van der Waals surface area contributed by atoms with Crippen LogP contribution < -0.4 is 16.6 Å². The SMILES string of the molecule is Cc1nc(NN)nc(NCCc2ccn(C)n2)c1[N+](=O)[O-]. The van der Waals surface area contributed by atoms with Gasteiger partial charge in [-0.3, -0.25) is 20.2 Å². The molecule has 0 saturated heterocycles. The van der Waals surface area contributed by atoms with Crippen molar-refractivity contribution in [1.29, 1.82) is 0 Å². The van der Waals surface area contributed by atoms with Crippen molar-refractivity contribution in [3.05, 3.63) is 33.8 Å². The summed E-state index contributed by atoms with van der Waals surface area (Å²) < 4.78 is 1.70. The summed E-state index contributed by atoms with van der Waals surface area (Å²) in [5.74, 6) is 5.51. The number of hydrazine groups is 1. The zero-order valence-electron chi connectivity index (χ0n) is 11.7. The van der Waals surface area contributed by atoms with Gasteiger partial charge in [0, 0.05) is 26.2 Å². The minimum Gasteiger partial charge on any atom is -0.364 e. The second-order valence-electron chi connectivity index (χ2n) is 4.39. The smallest absolute Gasteiger partial charge is 0.332 e. The van der Waals surface area contributed by atoms with Crippen LogP contribution in [0, 0.1) is 17.0 Å². The summed E-state index contributed by atoms with van der Waals surface area (Å²) in [7, 11) is 1.83. The van der Waals surface area contributed by atoms with Crippen LogP contribution in [0.1, 0.15) is 11.4 Å². The van der Waals surface area contributed by atoms with Crippen molar-refractivity contribution in [3.8, 4) is 0 Å². The predicted octanol–water partition coefficient (Wildman–Crippen LogP) is 0.367. The molecule has 0 fully saturated rings. The van der Waals surface area contributed by atoms with Crippen LogP contribution in [-0.2, 0) is 13.5 Å². The quantitative estimate of drug-likeness (QED) is 0.394. The Morgan fingerprint density at radius 1 is 1.48 bits per heavy atom. The second kappa shape index (κ2) is 6.13. The molecule has 0 aromatic carbocycles. The number of nitrogens with one attached hydrogen (secondary N) is 2. The summed E-state index contributed by atoms with van der Waals surface area (Å²) in [4.78, 5) is 18.5. The van der Waals surface area contributed by atoms with Gasteiger partial charge in [-0.25, -0.2) is 10.8 Å². The first-order chi connectivity index (χ1) is 10.0. The van der Waals surface area contributed by atoms with Gasteiger partial charge in [0.05, 0.1) is 10.6 Å². The summed E-state index contributed by atoms with van der Waals surface area (Å²) in [6, 6.07) is 1.88. The van der Waals surface area contributed by atoms with Gasteiger partial charge in [0.1, 0.15) is 5.69 Å². The molecule has 2 aromatic rings. The van der Waals surface area contributed by atoms with E-state index in [9.17, 15) is 10.1 Å². The van der Waals surface area contributed by atoms with E-state index in [1.165, 1.54) is 6.92 Å². The maximum absolute atomic E-state index is 11.1. The minimum absolute atomic E-state index is 0.124. The molecule has 0 bridgehead atoms. The first-order valence-corrected chi connectivity index (χ1v) is 6.23. The Morgan fingerprint density at radius 3 is 2.81 bits per heavy atom. The Bertz CT molecular complexity index is 654. The number of nitrogens with two attached hydrogens (primary N) is 1. The molecule has 0 aliphatic heterocycles. The van der Waals surface area contributed by atoms with Gasteiger partial charge in [0.15, 0.2) is 0 Å². The molecule has 2 rings (SSSR count). The third kappa shape index (κ3) is 3.42. The molecular weight excluding hydrogens is 276 g/mol. The summed E-state index contributed by atoms with van der Waals surface area (Å²) in [5.41, 5.74) is 3.25. The van der Waals surface area contributed by atoms with Crippen molar-refractivity contribution < 1.29 is 4.92 Å². The van der Waals surface area contributed by atoms with Crippen LogP contribution in [0.15, 0.2) is 12.3 Å². The molecule has 10 nitrogen and oxygen atoms in total. The third-order valence-corrected chi connectivity index (χ3v) is 2.81. The first-order valence-electron chi connectivity index (χ1n) is 6.23. The number of aryl methyl sites for hydroxylation is 2. The van der Waals surface area contributed by atoms with Gasteiger partial charge >= 0.3 is 5.69 Å². The van der Waals surface area contributed by atoms with E-state index >= 15 is 0 Å². The molecule has 0 radical (unpaired) electrons. The molecule has 0 unspecified atom stereocenters. The largest absolute Gasteiger partial charge is 0.364 e. The van der Waals surface area contributed by atoms with Crippen LogP contribution >= 0.6 is 0 Å². The second-order valence-corrected chi connectivity index (χ2v) is 4.39. The molecule has 0 spiro atoms. The van der Waals surface area contributed by atoms with Crippen LogP contribution in [0.25, 0.3) is 0 Å². The highest BCUT2D eigenvalue weighted by Crippen LogP contribution is 2.26. The molecule has 4 N–H and O–H groups in total. The third-order valence-electron chi connectivity index (χ3n) is 2.81. The van der Waals surface area contributed by atoms with E-state index in [1.54, 1.807) is 4.68 Å². The lowest BCUT2D eigenvalue weighted by Gasteiger charge is -2.08. The Hall–Kier alpha value is -2.75. The normalized spacial score (nSPS) is 10.4. The fourth-order valence-corrected chi connectivity index (χ4v) is 1.88. The Morgan fingerprint density at radius 2 is 2.24 bits per heavy atom. The van der Waals surface area contributed by atoms with Crippen LogP contribution in [0.4, 0.5) is 17.5 Å². The zero-order valence-corrected chi connectivity index (χ0v) is 11.7. The van der Waals surface area contributed by atoms with Crippen molar-refractivity contribution >= 4 is 17.5 Å². The van der Waals surface area contributed by atoms with E-state index in [1.807, 2.05) is 19.3 Å². The minimum atomic E-state index is -0.515. The van der Waals surface area contributed by atoms with Gasteiger partial charge in [0.25, 0.3) is 0 Å². The number of hydrogen-bond donors (Lipinski definition) is 3. The number of aromatic nitrogens is 4. The summed E-state index contributed by atoms with van der Waals surface area (Å²) in [6.07, 6.45) is 2.45. The fraction of sp³-hybridized carbons (Fsp3) is 0.364. The molecule has 0 aliphatic rings. The van der Waals surface area contributed by atoms with Gasteiger partial charge in [-0.15, -0.1) is 0 Å². The van der Waals surface area contributed by atoms with Gasteiger partial charge in [-0.05, 0) is 13.0 Å². The number of nitro groups is 1. The first kappa shape index (κ1) is 14.7. The van der Waals surface area contributed by atoms with Gasteiger partial charge < -0.3 is 5.32 Å². The molecule has 2 aromatic heterocycles. The molecule has 0 amide bonds. The standard InChI is InChI=1S/C11H16N8O2/c1-7-9(19(20)21)10(15-11(14-7)16-12)13-5-3-8-4-6-18(2)17-8/h4,6H,3,5,12H2,1-2H3,(H2,13,14,15,16). The topological polar surface area (TPSA) is 137 Å².